The first-order chi connectivity index (χ1) is 15.9. The number of hydrogen-bond donors (Lipinski definition) is 0. The van der Waals surface area contributed by atoms with Crippen molar-refractivity contribution in [3.8, 4) is 0 Å². The summed E-state index contributed by atoms with van der Waals surface area (Å²) in [6.45, 7) is 26.5. The van der Waals surface area contributed by atoms with Crippen molar-refractivity contribution < 1.29 is 0 Å². The second-order valence-electron chi connectivity index (χ2n) is 12.5. The number of hydrogen-bond acceptors (Lipinski definition) is 6. The highest BCUT2D eigenvalue weighted by Crippen LogP contribution is 2.37. The number of nitrogens with zero attached hydrogens (tertiary/aromatic N) is 6. The Kier molecular flexibility index (Phi) is 12.7. The summed E-state index contributed by atoms with van der Waals surface area (Å²) in [5, 5.41) is 10.3. The van der Waals surface area contributed by atoms with Gasteiger partial charge in [0.1, 0.15) is 11.7 Å². The molecule has 0 N–H and O–H groups in total. The molecule has 7 heteroatoms. The lowest BCUT2D eigenvalue weighted by molar-refractivity contribution is 0.252. The van der Waals surface area contributed by atoms with Gasteiger partial charge in [0.05, 0.1) is 13.1 Å². The number of rotatable bonds is 14. The van der Waals surface area contributed by atoms with Gasteiger partial charge in [-0.2, -0.15) is 10.2 Å². The van der Waals surface area contributed by atoms with Gasteiger partial charge in [0.2, 0.25) is 0 Å². The first-order valence-corrected chi connectivity index (χ1v) is 14.0. The van der Waals surface area contributed by atoms with Crippen LogP contribution < -0.4 is 0 Å². The van der Waals surface area contributed by atoms with E-state index in [0.717, 1.165) is 64.7 Å². The predicted molar refractivity (Wildman–Crippen MR) is 154 cm³/mol. The smallest absolute Gasteiger partial charge is 0.190 e. The van der Waals surface area contributed by atoms with Gasteiger partial charge < -0.3 is 9.80 Å². The van der Waals surface area contributed by atoms with Crippen molar-refractivity contribution in [1.29, 1.82) is 0 Å². The molecule has 0 saturated heterocycles. The standard InChI is InChI=1S/C28H54N6.ClH/c1-11-13-33-19-27(17-23(7)8,29-25(33)15-21(3)4)31-32-28(18-24(9)10)20-34(14-12-2)26(30-28)16-22(5)6;/h21-24H,11-20H2,1-10H3;1H/b32-31+;. The number of azo groups is 1. The molecular formula is C28H55ClN6. The first-order valence-electron chi connectivity index (χ1n) is 14.0. The van der Waals surface area contributed by atoms with E-state index < -0.39 is 11.3 Å². The van der Waals surface area contributed by atoms with E-state index in [9.17, 15) is 0 Å². The van der Waals surface area contributed by atoms with Gasteiger partial charge in [0.25, 0.3) is 0 Å². The molecule has 6 nitrogen and oxygen atoms in total. The van der Waals surface area contributed by atoms with E-state index in [-0.39, 0.29) is 12.4 Å². The molecule has 2 unspecified atom stereocenters. The molecular weight excluding hydrogens is 456 g/mol. The quantitative estimate of drug-likeness (QED) is 0.225. The van der Waals surface area contributed by atoms with Crippen LogP contribution in [0, 0.1) is 23.7 Å². The Balaban J connectivity index is 0.00000612. The molecule has 2 aliphatic heterocycles. The molecule has 0 fully saturated rings. The molecule has 0 spiro atoms. The van der Waals surface area contributed by atoms with Gasteiger partial charge in [-0.3, -0.25) is 0 Å². The van der Waals surface area contributed by atoms with Crippen molar-refractivity contribution in [3.63, 3.8) is 0 Å². The van der Waals surface area contributed by atoms with Crippen LogP contribution in [0.2, 0.25) is 0 Å². The van der Waals surface area contributed by atoms with E-state index in [2.05, 4.69) is 79.0 Å². The highest BCUT2D eigenvalue weighted by atomic mass is 35.5. The van der Waals surface area contributed by atoms with Gasteiger partial charge >= 0.3 is 0 Å². The number of aliphatic imine (C=N–C) groups is 2. The van der Waals surface area contributed by atoms with Crippen LogP contribution >= 0.6 is 12.4 Å². The zero-order chi connectivity index (χ0) is 25.5. The van der Waals surface area contributed by atoms with E-state index in [4.69, 9.17) is 20.2 Å². The summed E-state index contributed by atoms with van der Waals surface area (Å²) in [5.41, 5.74) is -0.965. The third kappa shape index (κ3) is 9.33. The maximum atomic E-state index is 5.31. The van der Waals surface area contributed by atoms with Crippen molar-refractivity contribution in [1.82, 2.24) is 9.80 Å². The van der Waals surface area contributed by atoms with Crippen molar-refractivity contribution in [2.24, 2.45) is 43.9 Å². The molecule has 2 rings (SSSR count). The van der Waals surface area contributed by atoms with Gasteiger partial charge in [-0.1, -0.05) is 69.2 Å². The number of amidine groups is 2. The average molecular weight is 511 g/mol. The van der Waals surface area contributed by atoms with Gasteiger partial charge in [-0.05, 0) is 49.4 Å². The lowest BCUT2D eigenvalue weighted by Gasteiger charge is -2.29. The Morgan fingerprint density at radius 1 is 0.657 bits per heavy atom. The Morgan fingerprint density at radius 3 is 1.26 bits per heavy atom. The van der Waals surface area contributed by atoms with Crippen LogP contribution in [-0.2, 0) is 0 Å². The fourth-order valence-electron chi connectivity index (χ4n) is 5.43. The molecule has 0 aromatic heterocycles. The van der Waals surface area contributed by atoms with Crippen molar-refractivity contribution in [2.45, 2.75) is 119 Å². The van der Waals surface area contributed by atoms with Crippen LogP contribution in [0.15, 0.2) is 20.2 Å². The maximum Gasteiger partial charge on any atom is 0.190 e. The van der Waals surface area contributed by atoms with Crippen LogP contribution in [0.3, 0.4) is 0 Å². The molecule has 2 aliphatic rings. The summed E-state index contributed by atoms with van der Waals surface area (Å²) < 4.78 is 0. The Hall–Kier alpha value is -1.17. The van der Waals surface area contributed by atoms with Gasteiger partial charge in [-0.15, -0.1) is 12.4 Å². The van der Waals surface area contributed by atoms with Crippen LogP contribution in [0.1, 0.15) is 108 Å². The van der Waals surface area contributed by atoms with Crippen molar-refractivity contribution in [3.05, 3.63) is 0 Å². The van der Waals surface area contributed by atoms with Crippen molar-refractivity contribution in [2.75, 3.05) is 26.2 Å². The summed E-state index contributed by atoms with van der Waals surface area (Å²) in [6, 6.07) is 0. The summed E-state index contributed by atoms with van der Waals surface area (Å²) in [4.78, 5) is 15.6. The molecule has 0 bridgehead atoms. The number of halogens is 1. The van der Waals surface area contributed by atoms with E-state index in [1.807, 2.05) is 0 Å². The normalized spacial score (nSPS) is 25.0. The molecule has 0 radical (unpaired) electrons. The predicted octanol–water partition coefficient (Wildman–Crippen LogP) is 7.69. The monoisotopic (exact) mass is 510 g/mol. The SMILES string of the molecule is CCCN1CC(CC(C)C)(/N=N/C2(CC(C)C)CN(CCC)C(CC(C)C)=N2)N=C1CC(C)C.Cl. The Bertz CT molecular complexity index is 669. The van der Waals surface area contributed by atoms with Crippen LogP contribution in [0.4, 0.5) is 0 Å². The largest absolute Gasteiger partial charge is 0.356 e. The highest BCUT2D eigenvalue weighted by molar-refractivity contribution is 5.86. The minimum absolute atomic E-state index is 0. The Morgan fingerprint density at radius 2 is 1.00 bits per heavy atom. The van der Waals surface area contributed by atoms with Crippen molar-refractivity contribution >= 4 is 24.1 Å². The molecule has 0 aliphatic carbocycles. The fourth-order valence-corrected chi connectivity index (χ4v) is 5.43. The molecule has 2 heterocycles. The first kappa shape index (κ1) is 31.9. The van der Waals surface area contributed by atoms with Gasteiger partial charge in [0, 0.05) is 25.9 Å². The summed E-state index contributed by atoms with van der Waals surface area (Å²) in [6.07, 6.45) is 6.12. The lowest BCUT2D eigenvalue weighted by atomic mass is 9.97. The zero-order valence-corrected chi connectivity index (χ0v) is 25.3. The second-order valence-corrected chi connectivity index (χ2v) is 12.5. The van der Waals surface area contributed by atoms with Crippen LogP contribution in [0.25, 0.3) is 0 Å². The second kappa shape index (κ2) is 13.9. The summed E-state index contributed by atoms with van der Waals surface area (Å²) in [5.74, 6) is 4.61. The molecule has 204 valence electrons. The molecule has 0 aromatic carbocycles. The highest BCUT2D eigenvalue weighted by Gasteiger charge is 2.44. The van der Waals surface area contributed by atoms with Crippen LogP contribution in [-0.4, -0.2) is 59.0 Å². The third-order valence-electron chi connectivity index (χ3n) is 6.35. The van der Waals surface area contributed by atoms with Crippen LogP contribution in [0.5, 0.6) is 0 Å². The molecule has 2 atom stereocenters. The maximum absolute atomic E-state index is 5.31. The van der Waals surface area contributed by atoms with E-state index in [1.54, 1.807) is 0 Å². The fraction of sp³-hybridized carbons (Fsp3) is 0.929. The lowest BCUT2D eigenvalue weighted by Crippen LogP contribution is -2.39. The molecule has 0 aromatic rings. The van der Waals surface area contributed by atoms with E-state index in [0.29, 0.717) is 23.7 Å². The van der Waals surface area contributed by atoms with E-state index in [1.165, 1.54) is 11.7 Å². The molecule has 0 saturated carbocycles. The Labute approximate surface area is 222 Å². The minimum atomic E-state index is -0.483. The summed E-state index contributed by atoms with van der Waals surface area (Å²) in [7, 11) is 0. The van der Waals surface area contributed by atoms with Gasteiger partial charge in [-0.25, -0.2) is 9.98 Å². The van der Waals surface area contributed by atoms with Gasteiger partial charge in [0.15, 0.2) is 11.3 Å². The molecule has 0 amide bonds. The average Bonchev–Trinajstić information content (AvgIpc) is 3.18. The third-order valence-corrected chi connectivity index (χ3v) is 6.35. The zero-order valence-electron chi connectivity index (χ0n) is 24.5. The minimum Gasteiger partial charge on any atom is -0.356 e. The summed E-state index contributed by atoms with van der Waals surface area (Å²) >= 11 is 0. The van der Waals surface area contributed by atoms with E-state index >= 15 is 0 Å². The molecule has 35 heavy (non-hydrogen) atoms. The topological polar surface area (TPSA) is 55.9 Å².